The zero-order chi connectivity index (χ0) is 13.5. The molecule has 0 atom stereocenters. The number of aromatic nitrogens is 1. The van der Waals surface area contributed by atoms with Crippen LogP contribution in [0.4, 0.5) is 0 Å². The Hall–Kier alpha value is -0.890. The SMILES string of the molecule is NCCCc1ccnc(C2C3CC4CC(C3)CC2C4)c1. The zero-order valence-corrected chi connectivity index (χ0v) is 12.3. The van der Waals surface area contributed by atoms with Crippen LogP contribution >= 0.6 is 0 Å². The molecule has 1 aromatic heterocycles. The fourth-order valence-electron chi connectivity index (χ4n) is 5.55. The van der Waals surface area contributed by atoms with Crippen LogP contribution in [0.15, 0.2) is 18.3 Å². The lowest BCUT2D eigenvalue weighted by molar-refractivity contribution is -0.00417. The van der Waals surface area contributed by atoms with Crippen LogP contribution < -0.4 is 5.73 Å². The van der Waals surface area contributed by atoms with Crippen LogP contribution in [-0.2, 0) is 6.42 Å². The summed E-state index contributed by atoms with van der Waals surface area (Å²) in [7, 11) is 0. The maximum atomic E-state index is 5.64. The van der Waals surface area contributed by atoms with Crippen molar-refractivity contribution in [2.45, 2.75) is 50.9 Å². The summed E-state index contributed by atoms with van der Waals surface area (Å²) in [6, 6.07) is 4.57. The Bertz CT molecular complexity index is 454. The topological polar surface area (TPSA) is 38.9 Å². The molecule has 0 amide bonds. The van der Waals surface area contributed by atoms with Gasteiger partial charge in [0.15, 0.2) is 0 Å². The van der Waals surface area contributed by atoms with E-state index in [1.807, 2.05) is 6.20 Å². The minimum Gasteiger partial charge on any atom is -0.330 e. The predicted octanol–water partition coefficient (Wildman–Crippen LogP) is 3.51. The largest absolute Gasteiger partial charge is 0.330 e. The van der Waals surface area contributed by atoms with Gasteiger partial charge in [-0.25, -0.2) is 0 Å². The first-order chi connectivity index (χ1) is 9.83. The second-order valence-corrected chi connectivity index (χ2v) is 7.44. The van der Waals surface area contributed by atoms with Crippen molar-refractivity contribution in [2.75, 3.05) is 6.54 Å². The van der Waals surface area contributed by atoms with Crippen molar-refractivity contribution in [1.82, 2.24) is 4.98 Å². The molecule has 2 heteroatoms. The van der Waals surface area contributed by atoms with Crippen molar-refractivity contribution in [3.8, 4) is 0 Å². The summed E-state index contributed by atoms with van der Waals surface area (Å²) in [5.74, 6) is 4.73. The molecule has 0 aromatic carbocycles. The highest BCUT2D eigenvalue weighted by atomic mass is 14.7. The van der Waals surface area contributed by atoms with Crippen molar-refractivity contribution < 1.29 is 0 Å². The van der Waals surface area contributed by atoms with Crippen LogP contribution in [0.2, 0.25) is 0 Å². The standard InChI is InChI=1S/C18H26N2/c19-4-1-2-12-3-5-20-17(11-12)18-15-7-13-6-14(9-15)10-16(18)8-13/h3,5,11,13-16,18H,1-2,4,6-10,19H2. The summed E-state index contributed by atoms with van der Waals surface area (Å²) in [4.78, 5) is 4.76. The maximum Gasteiger partial charge on any atom is 0.0442 e. The van der Waals surface area contributed by atoms with Crippen LogP contribution in [0.5, 0.6) is 0 Å². The Morgan fingerprint density at radius 1 is 1.05 bits per heavy atom. The Morgan fingerprint density at radius 2 is 1.75 bits per heavy atom. The Kier molecular flexibility index (Phi) is 3.30. The molecule has 4 fully saturated rings. The summed E-state index contributed by atoms with van der Waals surface area (Å²) < 4.78 is 0. The number of pyridine rings is 1. The number of nitrogens with two attached hydrogens (primary N) is 1. The first kappa shape index (κ1) is 12.8. The highest BCUT2D eigenvalue weighted by Gasteiger charge is 2.48. The summed E-state index contributed by atoms with van der Waals surface area (Å²) in [6.07, 6.45) is 11.7. The van der Waals surface area contributed by atoms with E-state index in [0.717, 1.165) is 49.0 Å². The summed E-state index contributed by atoms with van der Waals surface area (Å²) >= 11 is 0. The third-order valence-corrected chi connectivity index (χ3v) is 6.08. The Morgan fingerprint density at radius 3 is 2.40 bits per heavy atom. The average Bonchev–Trinajstić information content (AvgIpc) is 2.44. The van der Waals surface area contributed by atoms with Gasteiger partial charge in [0.1, 0.15) is 0 Å². The Labute approximate surface area is 122 Å². The van der Waals surface area contributed by atoms with Gasteiger partial charge in [-0.05, 0) is 92.9 Å². The summed E-state index contributed by atoms with van der Waals surface area (Å²) in [5, 5.41) is 0. The molecule has 1 heterocycles. The third kappa shape index (κ3) is 2.18. The molecule has 108 valence electrons. The van der Waals surface area contributed by atoms with E-state index in [-0.39, 0.29) is 0 Å². The fourth-order valence-corrected chi connectivity index (χ4v) is 5.55. The molecule has 4 aliphatic carbocycles. The molecule has 0 aliphatic heterocycles. The minimum absolute atomic E-state index is 0.764. The lowest BCUT2D eigenvalue weighted by Crippen LogP contribution is -2.44. The second-order valence-electron chi connectivity index (χ2n) is 7.44. The molecule has 20 heavy (non-hydrogen) atoms. The van der Waals surface area contributed by atoms with Crippen LogP contribution in [0.1, 0.15) is 55.7 Å². The van der Waals surface area contributed by atoms with E-state index in [9.17, 15) is 0 Å². The fraction of sp³-hybridized carbons (Fsp3) is 0.722. The molecule has 4 aliphatic rings. The van der Waals surface area contributed by atoms with Crippen LogP contribution in [0.25, 0.3) is 0 Å². The molecule has 2 nitrogen and oxygen atoms in total. The normalized spacial score (nSPS) is 38.4. The van der Waals surface area contributed by atoms with Crippen molar-refractivity contribution >= 4 is 0 Å². The molecule has 0 saturated heterocycles. The van der Waals surface area contributed by atoms with Gasteiger partial charge in [0.25, 0.3) is 0 Å². The van der Waals surface area contributed by atoms with Crippen LogP contribution in [-0.4, -0.2) is 11.5 Å². The van der Waals surface area contributed by atoms with Gasteiger partial charge in [0, 0.05) is 17.8 Å². The van der Waals surface area contributed by atoms with Gasteiger partial charge < -0.3 is 5.73 Å². The van der Waals surface area contributed by atoms with Crippen molar-refractivity contribution in [2.24, 2.45) is 29.4 Å². The van der Waals surface area contributed by atoms with E-state index in [0.29, 0.717) is 0 Å². The molecule has 5 rings (SSSR count). The Balaban J connectivity index is 1.58. The van der Waals surface area contributed by atoms with E-state index in [1.54, 1.807) is 0 Å². The number of rotatable bonds is 4. The molecule has 1 aromatic rings. The van der Waals surface area contributed by atoms with E-state index < -0.39 is 0 Å². The van der Waals surface area contributed by atoms with Gasteiger partial charge in [0.05, 0.1) is 0 Å². The molecule has 0 unspecified atom stereocenters. The molecular formula is C18H26N2. The lowest BCUT2D eigenvalue weighted by atomic mass is 9.51. The number of aryl methyl sites for hydroxylation is 1. The number of hydrogen-bond donors (Lipinski definition) is 1. The molecule has 2 N–H and O–H groups in total. The molecular weight excluding hydrogens is 244 g/mol. The van der Waals surface area contributed by atoms with E-state index >= 15 is 0 Å². The average molecular weight is 270 g/mol. The van der Waals surface area contributed by atoms with Crippen LogP contribution in [0.3, 0.4) is 0 Å². The van der Waals surface area contributed by atoms with Crippen molar-refractivity contribution in [3.63, 3.8) is 0 Å². The van der Waals surface area contributed by atoms with Gasteiger partial charge >= 0.3 is 0 Å². The van der Waals surface area contributed by atoms with E-state index in [2.05, 4.69) is 12.1 Å². The van der Waals surface area contributed by atoms with Crippen LogP contribution in [0, 0.1) is 23.7 Å². The molecule has 0 spiro atoms. The lowest BCUT2D eigenvalue weighted by Gasteiger charge is -2.54. The second kappa shape index (κ2) is 5.14. The van der Waals surface area contributed by atoms with Gasteiger partial charge in [-0.3, -0.25) is 4.98 Å². The quantitative estimate of drug-likeness (QED) is 0.909. The van der Waals surface area contributed by atoms with Crippen molar-refractivity contribution in [3.05, 3.63) is 29.6 Å². The van der Waals surface area contributed by atoms with Gasteiger partial charge in [-0.15, -0.1) is 0 Å². The smallest absolute Gasteiger partial charge is 0.0442 e. The van der Waals surface area contributed by atoms with E-state index in [1.165, 1.54) is 43.4 Å². The number of nitrogens with zero attached hydrogens (tertiary/aromatic N) is 1. The van der Waals surface area contributed by atoms with E-state index in [4.69, 9.17) is 10.7 Å². The first-order valence-corrected chi connectivity index (χ1v) is 8.48. The molecule has 4 saturated carbocycles. The highest BCUT2D eigenvalue weighted by Crippen LogP contribution is 2.59. The minimum atomic E-state index is 0.764. The molecule has 0 radical (unpaired) electrons. The maximum absolute atomic E-state index is 5.64. The van der Waals surface area contributed by atoms with Crippen molar-refractivity contribution in [1.29, 1.82) is 0 Å². The molecule has 4 bridgehead atoms. The number of hydrogen-bond acceptors (Lipinski definition) is 2. The van der Waals surface area contributed by atoms with Gasteiger partial charge in [-0.2, -0.15) is 0 Å². The predicted molar refractivity (Wildman–Crippen MR) is 81.4 cm³/mol. The summed E-state index contributed by atoms with van der Waals surface area (Å²) in [6.45, 7) is 0.787. The first-order valence-electron chi connectivity index (χ1n) is 8.48. The summed E-state index contributed by atoms with van der Waals surface area (Å²) in [5.41, 5.74) is 8.47. The van der Waals surface area contributed by atoms with Gasteiger partial charge in [0.2, 0.25) is 0 Å². The highest BCUT2D eigenvalue weighted by molar-refractivity contribution is 5.23. The van der Waals surface area contributed by atoms with Gasteiger partial charge in [-0.1, -0.05) is 0 Å². The zero-order valence-electron chi connectivity index (χ0n) is 12.3. The third-order valence-electron chi connectivity index (χ3n) is 6.08. The monoisotopic (exact) mass is 270 g/mol.